The molecule has 0 radical (unpaired) electrons. The minimum atomic E-state index is -0.298. The van der Waals surface area contributed by atoms with E-state index in [0.29, 0.717) is 5.02 Å². The molecule has 1 aliphatic rings. The summed E-state index contributed by atoms with van der Waals surface area (Å²) in [7, 11) is 0. The van der Waals surface area contributed by atoms with Gasteiger partial charge in [-0.2, -0.15) is 0 Å². The van der Waals surface area contributed by atoms with E-state index in [9.17, 15) is 4.39 Å². The third-order valence-electron chi connectivity index (χ3n) is 4.20. The van der Waals surface area contributed by atoms with Crippen molar-refractivity contribution < 1.29 is 4.39 Å². The third-order valence-corrected chi connectivity index (χ3v) is 4.52. The number of benzene rings is 2. The summed E-state index contributed by atoms with van der Waals surface area (Å²) < 4.78 is 13.2. The quantitative estimate of drug-likeness (QED) is 0.786. The highest BCUT2D eigenvalue weighted by Gasteiger charge is 2.16. The summed E-state index contributed by atoms with van der Waals surface area (Å²) in [5, 5.41) is 4.01. The van der Waals surface area contributed by atoms with Crippen LogP contribution in [0, 0.1) is 5.82 Å². The molecule has 1 N–H and O–H groups in total. The minimum absolute atomic E-state index is 0.0477. The van der Waals surface area contributed by atoms with E-state index in [1.54, 1.807) is 6.07 Å². The Morgan fingerprint density at radius 1 is 1.14 bits per heavy atom. The molecule has 0 heterocycles. The molecule has 0 bridgehead atoms. The normalized spacial score (nSPS) is 15.4. The van der Waals surface area contributed by atoms with Crippen LogP contribution in [0.1, 0.15) is 42.5 Å². The molecule has 3 rings (SSSR count). The van der Waals surface area contributed by atoms with Crippen molar-refractivity contribution in [1.82, 2.24) is 0 Å². The zero-order valence-corrected chi connectivity index (χ0v) is 12.9. The van der Waals surface area contributed by atoms with Gasteiger partial charge in [-0.05, 0) is 67.5 Å². The molecule has 0 fully saturated rings. The minimum Gasteiger partial charge on any atom is -0.378 e. The van der Waals surface area contributed by atoms with Crippen molar-refractivity contribution in [2.75, 3.05) is 5.32 Å². The van der Waals surface area contributed by atoms with Crippen LogP contribution in [-0.2, 0) is 12.8 Å². The van der Waals surface area contributed by atoms with Crippen molar-refractivity contribution in [3.05, 3.63) is 63.9 Å². The first kappa shape index (κ1) is 14.4. The molecule has 0 saturated carbocycles. The van der Waals surface area contributed by atoms with Gasteiger partial charge in [0.1, 0.15) is 5.82 Å². The second kappa shape index (κ2) is 6.07. The maximum atomic E-state index is 13.2. The summed E-state index contributed by atoms with van der Waals surface area (Å²) in [6.45, 7) is 2.06. The second-order valence-electron chi connectivity index (χ2n) is 5.68. The van der Waals surface area contributed by atoms with Crippen LogP contribution in [0.2, 0.25) is 5.02 Å². The van der Waals surface area contributed by atoms with Gasteiger partial charge in [0.25, 0.3) is 0 Å². The van der Waals surface area contributed by atoms with Crippen LogP contribution in [0.15, 0.2) is 36.4 Å². The van der Waals surface area contributed by atoms with Gasteiger partial charge >= 0.3 is 0 Å². The van der Waals surface area contributed by atoms with E-state index in [2.05, 4.69) is 30.4 Å². The Hall–Kier alpha value is -1.54. The van der Waals surface area contributed by atoms with E-state index in [1.165, 1.54) is 41.8 Å². The summed E-state index contributed by atoms with van der Waals surface area (Å²) in [6, 6.07) is 11.1. The fourth-order valence-electron chi connectivity index (χ4n) is 3.08. The lowest BCUT2D eigenvalue weighted by Gasteiger charge is -2.23. The Morgan fingerprint density at radius 3 is 2.76 bits per heavy atom. The van der Waals surface area contributed by atoms with Crippen molar-refractivity contribution in [3.8, 4) is 0 Å². The van der Waals surface area contributed by atoms with Crippen molar-refractivity contribution in [2.45, 2.75) is 38.6 Å². The van der Waals surface area contributed by atoms with Crippen LogP contribution in [-0.4, -0.2) is 0 Å². The second-order valence-corrected chi connectivity index (χ2v) is 6.09. The first-order valence-electron chi connectivity index (χ1n) is 7.47. The Morgan fingerprint density at radius 2 is 1.95 bits per heavy atom. The van der Waals surface area contributed by atoms with Crippen molar-refractivity contribution in [3.63, 3.8) is 0 Å². The molecule has 0 aliphatic heterocycles. The monoisotopic (exact) mass is 303 g/mol. The van der Waals surface area contributed by atoms with Gasteiger partial charge in [0.2, 0.25) is 0 Å². The SMILES string of the molecule is CC(Nc1cccc2c1CCCC2)c1ccc(F)cc1Cl. The molecule has 1 aliphatic carbocycles. The van der Waals surface area contributed by atoms with Gasteiger partial charge in [0.05, 0.1) is 6.04 Å². The number of fused-ring (bicyclic) bond motifs is 1. The number of aryl methyl sites for hydroxylation is 1. The van der Waals surface area contributed by atoms with Gasteiger partial charge in [-0.3, -0.25) is 0 Å². The molecule has 1 atom stereocenters. The molecular formula is C18H19ClFN. The van der Waals surface area contributed by atoms with Gasteiger partial charge in [-0.25, -0.2) is 4.39 Å². The van der Waals surface area contributed by atoms with Gasteiger partial charge < -0.3 is 5.32 Å². The fraction of sp³-hybridized carbons (Fsp3) is 0.333. The topological polar surface area (TPSA) is 12.0 Å². The van der Waals surface area contributed by atoms with Gasteiger partial charge in [-0.15, -0.1) is 0 Å². The summed E-state index contributed by atoms with van der Waals surface area (Å²) in [5.41, 5.74) is 4.98. The van der Waals surface area contributed by atoms with Crippen molar-refractivity contribution in [2.24, 2.45) is 0 Å². The molecule has 1 unspecified atom stereocenters. The number of nitrogens with one attached hydrogen (secondary N) is 1. The molecule has 110 valence electrons. The molecule has 21 heavy (non-hydrogen) atoms. The van der Waals surface area contributed by atoms with Crippen LogP contribution in [0.5, 0.6) is 0 Å². The Labute approximate surface area is 130 Å². The lowest BCUT2D eigenvalue weighted by Crippen LogP contribution is -2.12. The van der Waals surface area contributed by atoms with Crippen LogP contribution in [0.25, 0.3) is 0 Å². The molecule has 0 spiro atoms. The number of hydrogen-bond donors (Lipinski definition) is 1. The molecule has 3 heteroatoms. The first-order chi connectivity index (χ1) is 10.1. The van der Waals surface area contributed by atoms with Crippen LogP contribution in [0.3, 0.4) is 0 Å². The van der Waals surface area contributed by atoms with Gasteiger partial charge in [0.15, 0.2) is 0 Å². The molecule has 1 nitrogen and oxygen atoms in total. The lowest BCUT2D eigenvalue weighted by atomic mass is 9.90. The summed E-state index contributed by atoms with van der Waals surface area (Å²) in [6.07, 6.45) is 4.81. The highest BCUT2D eigenvalue weighted by atomic mass is 35.5. The Bertz CT molecular complexity index is 654. The van der Waals surface area contributed by atoms with E-state index < -0.39 is 0 Å². The predicted molar refractivity (Wildman–Crippen MR) is 86.5 cm³/mol. The van der Waals surface area contributed by atoms with E-state index in [0.717, 1.165) is 18.4 Å². The van der Waals surface area contributed by atoms with Gasteiger partial charge in [0, 0.05) is 10.7 Å². The zero-order valence-electron chi connectivity index (χ0n) is 12.1. The zero-order chi connectivity index (χ0) is 14.8. The van der Waals surface area contributed by atoms with E-state index in [4.69, 9.17) is 11.6 Å². The van der Waals surface area contributed by atoms with E-state index in [-0.39, 0.29) is 11.9 Å². The lowest BCUT2D eigenvalue weighted by molar-refractivity contribution is 0.626. The maximum absolute atomic E-state index is 13.2. The third kappa shape index (κ3) is 3.06. The van der Waals surface area contributed by atoms with Gasteiger partial charge in [-0.1, -0.05) is 29.8 Å². The van der Waals surface area contributed by atoms with Crippen molar-refractivity contribution in [1.29, 1.82) is 0 Å². The summed E-state index contributed by atoms with van der Waals surface area (Å²) in [5.74, 6) is -0.298. The highest BCUT2D eigenvalue weighted by Crippen LogP contribution is 2.32. The van der Waals surface area contributed by atoms with Crippen LogP contribution in [0.4, 0.5) is 10.1 Å². The Balaban J connectivity index is 1.86. The number of hydrogen-bond acceptors (Lipinski definition) is 1. The maximum Gasteiger partial charge on any atom is 0.124 e. The molecule has 0 aromatic heterocycles. The average Bonchev–Trinajstić information content (AvgIpc) is 2.47. The summed E-state index contributed by atoms with van der Waals surface area (Å²) in [4.78, 5) is 0. The average molecular weight is 304 g/mol. The number of halogens is 2. The fourth-order valence-corrected chi connectivity index (χ4v) is 3.41. The Kier molecular flexibility index (Phi) is 4.16. The smallest absolute Gasteiger partial charge is 0.124 e. The molecule has 2 aromatic carbocycles. The first-order valence-corrected chi connectivity index (χ1v) is 7.85. The van der Waals surface area contributed by atoms with Crippen molar-refractivity contribution >= 4 is 17.3 Å². The van der Waals surface area contributed by atoms with E-state index >= 15 is 0 Å². The van der Waals surface area contributed by atoms with Crippen LogP contribution >= 0.6 is 11.6 Å². The highest BCUT2D eigenvalue weighted by molar-refractivity contribution is 6.31. The number of anilines is 1. The molecule has 2 aromatic rings. The molecule has 0 saturated heterocycles. The summed E-state index contributed by atoms with van der Waals surface area (Å²) >= 11 is 6.15. The van der Waals surface area contributed by atoms with E-state index in [1.807, 2.05) is 0 Å². The molecule has 0 amide bonds. The largest absolute Gasteiger partial charge is 0.378 e. The number of rotatable bonds is 3. The predicted octanol–water partition coefficient (Wildman–Crippen LogP) is 5.53. The van der Waals surface area contributed by atoms with Crippen LogP contribution < -0.4 is 5.32 Å². The molecular weight excluding hydrogens is 285 g/mol. The standard InChI is InChI=1S/C18H19ClFN/c1-12(15-10-9-14(20)11-17(15)19)21-18-8-4-6-13-5-2-3-7-16(13)18/h4,6,8-12,21H,2-3,5,7H2,1H3.